The quantitative estimate of drug-likeness (QED) is 0.185. The summed E-state index contributed by atoms with van der Waals surface area (Å²) in [4.78, 5) is 21.1. The number of methoxy groups -OCH3 is 1. The molecule has 3 aromatic carbocycles. The van der Waals surface area contributed by atoms with Crippen molar-refractivity contribution in [2.75, 3.05) is 7.11 Å². The van der Waals surface area contributed by atoms with E-state index in [1.54, 1.807) is 7.11 Å². The summed E-state index contributed by atoms with van der Waals surface area (Å²) >= 11 is 1.30. The maximum absolute atomic E-state index is 11.2. The summed E-state index contributed by atoms with van der Waals surface area (Å²) in [7, 11) is 1.60. The van der Waals surface area contributed by atoms with Crippen LogP contribution >= 0.6 is 11.8 Å². The molecule has 1 heterocycles. The first-order chi connectivity index (χ1) is 16.4. The molecule has 0 unspecified atom stereocenters. The van der Waals surface area contributed by atoms with Gasteiger partial charge in [0.15, 0.2) is 11.0 Å². The van der Waals surface area contributed by atoms with Gasteiger partial charge in [-0.25, -0.2) is 0 Å². The number of nitro groups is 2. The number of nitro benzene ring substituents is 2. The van der Waals surface area contributed by atoms with Gasteiger partial charge in [0.1, 0.15) is 5.75 Å². The highest BCUT2D eigenvalue weighted by molar-refractivity contribution is 7.98. The molecule has 0 bridgehead atoms. The lowest BCUT2D eigenvalue weighted by atomic mass is 10.2. The fourth-order valence-corrected chi connectivity index (χ4v) is 4.22. The number of ether oxygens (including phenoxy) is 1. The monoisotopic (exact) mass is 477 g/mol. The minimum absolute atomic E-state index is 0.248. The molecule has 11 heteroatoms. The van der Waals surface area contributed by atoms with Crippen molar-refractivity contribution in [2.45, 2.75) is 17.5 Å². The molecule has 0 radical (unpaired) electrons. The SMILES string of the molecule is COc1ccc(-c2nnc(SCc3cc([N+](=O)[O-])cc([N+](=O)[O-])c3)n2Cc2ccccc2)cc1. The Morgan fingerprint density at radius 2 is 1.53 bits per heavy atom. The fourth-order valence-electron chi connectivity index (χ4n) is 3.36. The standard InChI is InChI=1S/C23H19N5O5S/c1-33-21-9-7-18(8-10-21)22-24-25-23(26(22)14-16-5-3-2-4-6-16)34-15-17-11-19(27(29)30)13-20(12-17)28(31)32/h2-13H,14-15H2,1H3. The van der Waals surface area contributed by atoms with Gasteiger partial charge in [-0.1, -0.05) is 42.1 Å². The molecule has 0 saturated carbocycles. The summed E-state index contributed by atoms with van der Waals surface area (Å²) < 4.78 is 7.19. The van der Waals surface area contributed by atoms with Gasteiger partial charge in [0.2, 0.25) is 0 Å². The third-order valence-electron chi connectivity index (χ3n) is 5.00. The molecule has 172 valence electrons. The Bertz CT molecular complexity index is 1290. The van der Waals surface area contributed by atoms with Crippen LogP contribution in [0.1, 0.15) is 11.1 Å². The van der Waals surface area contributed by atoms with Crippen LogP contribution in [0.2, 0.25) is 0 Å². The van der Waals surface area contributed by atoms with Gasteiger partial charge in [-0.3, -0.25) is 24.8 Å². The van der Waals surface area contributed by atoms with Gasteiger partial charge in [0, 0.05) is 23.4 Å². The van der Waals surface area contributed by atoms with Crippen molar-refractivity contribution in [3.05, 3.63) is 104 Å². The normalized spacial score (nSPS) is 10.7. The minimum atomic E-state index is -0.638. The Morgan fingerprint density at radius 1 is 0.882 bits per heavy atom. The van der Waals surface area contributed by atoms with E-state index in [1.165, 1.54) is 23.9 Å². The molecule has 10 nitrogen and oxygen atoms in total. The van der Waals surface area contributed by atoms with Gasteiger partial charge in [-0.15, -0.1) is 10.2 Å². The molecule has 1 aromatic heterocycles. The van der Waals surface area contributed by atoms with E-state index < -0.39 is 9.85 Å². The summed E-state index contributed by atoms with van der Waals surface area (Å²) in [6.07, 6.45) is 0. The first kappa shape index (κ1) is 22.9. The van der Waals surface area contributed by atoms with Gasteiger partial charge in [0.25, 0.3) is 11.4 Å². The second kappa shape index (κ2) is 10.1. The smallest absolute Gasteiger partial charge is 0.276 e. The number of non-ortho nitro benzene ring substituents is 2. The molecule has 0 N–H and O–H groups in total. The van der Waals surface area contributed by atoms with Gasteiger partial charge in [-0.2, -0.15) is 0 Å². The predicted octanol–water partition coefficient (Wildman–Crippen LogP) is 5.11. The van der Waals surface area contributed by atoms with E-state index in [4.69, 9.17) is 4.74 Å². The van der Waals surface area contributed by atoms with Crippen molar-refractivity contribution in [2.24, 2.45) is 0 Å². The fraction of sp³-hybridized carbons (Fsp3) is 0.130. The molecule has 0 aliphatic rings. The van der Waals surface area contributed by atoms with Crippen molar-refractivity contribution in [3.63, 3.8) is 0 Å². The van der Waals surface area contributed by atoms with Crippen molar-refractivity contribution < 1.29 is 14.6 Å². The van der Waals surface area contributed by atoms with E-state index >= 15 is 0 Å². The van der Waals surface area contributed by atoms with E-state index in [1.807, 2.05) is 59.2 Å². The maximum Gasteiger partial charge on any atom is 0.276 e. The Hall–Kier alpha value is -4.25. The molecule has 0 aliphatic heterocycles. The molecular weight excluding hydrogens is 458 g/mol. The number of hydrogen-bond acceptors (Lipinski definition) is 8. The summed E-state index contributed by atoms with van der Waals surface area (Å²) in [6.45, 7) is 0.507. The van der Waals surface area contributed by atoms with Crippen LogP contribution in [-0.4, -0.2) is 31.7 Å². The zero-order chi connectivity index (χ0) is 24.1. The molecule has 0 atom stereocenters. The van der Waals surface area contributed by atoms with Crippen LogP contribution in [0.25, 0.3) is 11.4 Å². The summed E-state index contributed by atoms with van der Waals surface area (Å²) in [5.74, 6) is 1.62. The van der Waals surface area contributed by atoms with Crippen molar-refractivity contribution in [3.8, 4) is 17.1 Å². The van der Waals surface area contributed by atoms with Crippen LogP contribution in [0.3, 0.4) is 0 Å². The summed E-state index contributed by atoms with van der Waals surface area (Å²) in [5.41, 5.74) is 1.70. The van der Waals surface area contributed by atoms with Gasteiger partial charge < -0.3 is 4.74 Å². The van der Waals surface area contributed by atoms with E-state index in [-0.39, 0.29) is 17.1 Å². The molecule has 0 saturated heterocycles. The van der Waals surface area contributed by atoms with E-state index in [0.717, 1.165) is 22.9 Å². The average molecular weight is 478 g/mol. The molecule has 0 aliphatic carbocycles. The topological polar surface area (TPSA) is 126 Å². The summed E-state index contributed by atoms with van der Waals surface area (Å²) in [5, 5.41) is 31.7. The molecule has 34 heavy (non-hydrogen) atoms. The summed E-state index contributed by atoms with van der Waals surface area (Å²) in [6, 6.07) is 20.9. The Labute approximate surface area is 198 Å². The van der Waals surface area contributed by atoms with Crippen molar-refractivity contribution in [1.29, 1.82) is 0 Å². The molecule has 4 rings (SSSR count). The lowest BCUT2D eigenvalue weighted by Gasteiger charge is -2.11. The van der Waals surface area contributed by atoms with Crippen LogP contribution in [-0.2, 0) is 12.3 Å². The second-order valence-electron chi connectivity index (χ2n) is 7.27. The van der Waals surface area contributed by atoms with Gasteiger partial charge in [0.05, 0.1) is 29.6 Å². The molecule has 4 aromatic rings. The predicted molar refractivity (Wildman–Crippen MR) is 127 cm³/mol. The number of aromatic nitrogens is 3. The van der Waals surface area contributed by atoms with E-state index in [9.17, 15) is 20.2 Å². The third-order valence-corrected chi connectivity index (χ3v) is 6.04. The largest absolute Gasteiger partial charge is 0.497 e. The number of benzene rings is 3. The highest BCUT2D eigenvalue weighted by atomic mass is 32.2. The molecule has 0 spiro atoms. The number of hydrogen-bond donors (Lipinski definition) is 0. The third kappa shape index (κ3) is 5.21. The second-order valence-corrected chi connectivity index (χ2v) is 8.21. The highest BCUT2D eigenvalue weighted by Gasteiger charge is 2.19. The first-order valence-corrected chi connectivity index (χ1v) is 11.1. The molecular formula is C23H19N5O5S. The molecule has 0 fully saturated rings. The van der Waals surface area contributed by atoms with E-state index in [0.29, 0.717) is 23.1 Å². The van der Waals surface area contributed by atoms with Crippen molar-refractivity contribution >= 4 is 23.1 Å². The Morgan fingerprint density at radius 3 is 2.12 bits per heavy atom. The number of rotatable bonds is 9. The lowest BCUT2D eigenvalue weighted by Crippen LogP contribution is -2.04. The Kier molecular flexibility index (Phi) is 6.83. The minimum Gasteiger partial charge on any atom is -0.497 e. The molecule has 0 amide bonds. The zero-order valence-corrected chi connectivity index (χ0v) is 18.8. The van der Waals surface area contributed by atoms with E-state index in [2.05, 4.69) is 10.2 Å². The average Bonchev–Trinajstić information content (AvgIpc) is 3.25. The lowest BCUT2D eigenvalue weighted by molar-refractivity contribution is -0.394. The van der Waals surface area contributed by atoms with Gasteiger partial charge in [-0.05, 0) is 35.4 Å². The number of nitrogens with zero attached hydrogens (tertiary/aromatic N) is 5. The number of thioether (sulfide) groups is 1. The zero-order valence-electron chi connectivity index (χ0n) is 18.0. The highest BCUT2D eigenvalue weighted by Crippen LogP contribution is 2.31. The first-order valence-electron chi connectivity index (χ1n) is 10.1. The maximum atomic E-state index is 11.2. The van der Waals surface area contributed by atoms with Crippen molar-refractivity contribution in [1.82, 2.24) is 14.8 Å². The van der Waals surface area contributed by atoms with Gasteiger partial charge >= 0.3 is 0 Å². The van der Waals surface area contributed by atoms with Crippen LogP contribution in [0.5, 0.6) is 5.75 Å². The van der Waals surface area contributed by atoms with Crippen LogP contribution in [0, 0.1) is 20.2 Å². The van der Waals surface area contributed by atoms with Crippen LogP contribution in [0.15, 0.2) is 78.0 Å². The van der Waals surface area contributed by atoms with Crippen LogP contribution < -0.4 is 4.74 Å². The Balaban J connectivity index is 1.67. The van der Waals surface area contributed by atoms with Crippen LogP contribution in [0.4, 0.5) is 11.4 Å².